The van der Waals surface area contributed by atoms with Gasteiger partial charge in [0, 0.05) is 12.2 Å². The highest BCUT2D eigenvalue weighted by atomic mass is 35.5. The van der Waals surface area contributed by atoms with Crippen molar-refractivity contribution in [3.63, 3.8) is 0 Å². The van der Waals surface area contributed by atoms with Crippen LogP contribution in [0.3, 0.4) is 0 Å². The van der Waals surface area contributed by atoms with E-state index in [9.17, 15) is 4.39 Å². The number of nitrogens with one attached hydrogen (secondary N) is 1. The molecule has 1 saturated carbocycles. The third kappa shape index (κ3) is 2.15. The molecule has 4 heteroatoms. The van der Waals surface area contributed by atoms with Gasteiger partial charge in [-0.3, -0.25) is 0 Å². The molecule has 1 aromatic rings. The molecule has 2 nitrogen and oxygen atoms in total. The third-order valence-electron chi connectivity index (χ3n) is 2.50. The van der Waals surface area contributed by atoms with Crippen LogP contribution >= 0.6 is 11.6 Å². The van der Waals surface area contributed by atoms with Gasteiger partial charge in [-0.2, -0.15) is 0 Å². The van der Waals surface area contributed by atoms with Crippen molar-refractivity contribution in [1.82, 2.24) is 4.98 Å². The molecule has 1 aromatic heterocycles. The van der Waals surface area contributed by atoms with Crippen LogP contribution in [-0.4, -0.2) is 11.0 Å². The highest BCUT2D eigenvalue weighted by Crippen LogP contribution is 2.34. The van der Waals surface area contributed by atoms with E-state index in [4.69, 9.17) is 11.6 Å². The number of anilines is 1. The molecule has 1 fully saturated rings. The van der Waals surface area contributed by atoms with Gasteiger partial charge in [0.05, 0.1) is 5.02 Å². The second kappa shape index (κ2) is 3.73. The molecule has 0 saturated heterocycles. The van der Waals surface area contributed by atoms with Crippen LogP contribution in [0, 0.1) is 11.7 Å². The molecule has 0 radical (unpaired) electrons. The Bertz CT molecular complexity index is 339. The molecule has 2 rings (SSSR count). The zero-order chi connectivity index (χ0) is 10.1. The fourth-order valence-corrected chi connectivity index (χ4v) is 1.60. The van der Waals surface area contributed by atoms with E-state index in [0.717, 1.165) is 0 Å². The standard InChI is InChI=1S/C10H12ClFN2/c1-6(7-2-3-7)14-10-9(12)4-8(11)5-13-10/h4-7H,2-3H2,1H3,(H,13,14). The average molecular weight is 215 g/mol. The zero-order valence-electron chi connectivity index (χ0n) is 7.93. The predicted molar refractivity (Wildman–Crippen MR) is 55.0 cm³/mol. The fourth-order valence-electron chi connectivity index (χ4n) is 1.45. The lowest BCUT2D eigenvalue weighted by atomic mass is 10.2. The highest BCUT2D eigenvalue weighted by molar-refractivity contribution is 6.30. The molecule has 1 aliphatic rings. The van der Waals surface area contributed by atoms with Gasteiger partial charge in [-0.05, 0) is 31.7 Å². The molecule has 0 spiro atoms. The van der Waals surface area contributed by atoms with Crippen molar-refractivity contribution in [2.24, 2.45) is 5.92 Å². The summed E-state index contributed by atoms with van der Waals surface area (Å²) in [5.41, 5.74) is 0. The Kier molecular flexibility index (Phi) is 2.59. The van der Waals surface area contributed by atoms with Gasteiger partial charge in [-0.25, -0.2) is 9.37 Å². The minimum absolute atomic E-state index is 0.290. The molecule has 1 heterocycles. The summed E-state index contributed by atoms with van der Waals surface area (Å²) in [5.74, 6) is 0.589. The number of nitrogens with zero attached hydrogens (tertiary/aromatic N) is 1. The zero-order valence-corrected chi connectivity index (χ0v) is 8.68. The summed E-state index contributed by atoms with van der Waals surface area (Å²) < 4.78 is 13.3. The second-order valence-electron chi connectivity index (χ2n) is 3.75. The van der Waals surface area contributed by atoms with Crippen molar-refractivity contribution in [1.29, 1.82) is 0 Å². The Morgan fingerprint density at radius 2 is 2.36 bits per heavy atom. The smallest absolute Gasteiger partial charge is 0.166 e. The van der Waals surface area contributed by atoms with Crippen LogP contribution in [0.25, 0.3) is 0 Å². The van der Waals surface area contributed by atoms with Crippen LogP contribution in [0.15, 0.2) is 12.3 Å². The Labute approximate surface area is 87.5 Å². The third-order valence-corrected chi connectivity index (χ3v) is 2.71. The predicted octanol–water partition coefficient (Wildman–Crippen LogP) is 3.08. The minimum atomic E-state index is -0.384. The lowest BCUT2D eigenvalue weighted by Gasteiger charge is -2.13. The normalized spacial score (nSPS) is 17.9. The first-order valence-electron chi connectivity index (χ1n) is 4.74. The first kappa shape index (κ1) is 9.71. The number of rotatable bonds is 3. The summed E-state index contributed by atoms with van der Waals surface area (Å²) in [6.07, 6.45) is 3.90. The number of hydrogen-bond donors (Lipinski definition) is 1. The van der Waals surface area contributed by atoms with E-state index >= 15 is 0 Å². The maximum atomic E-state index is 13.3. The van der Waals surface area contributed by atoms with E-state index < -0.39 is 0 Å². The van der Waals surface area contributed by atoms with Crippen molar-refractivity contribution >= 4 is 17.4 Å². The first-order valence-corrected chi connectivity index (χ1v) is 5.12. The molecule has 1 aliphatic carbocycles. The Morgan fingerprint density at radius 3 is 2.93 bits per heavy atom. The second-order valence-corrected chi connectivity index (χ2v) is 4.19. The van der Waals surface area contributed by atoms with E-state index in [1.54, 1.807) is 0 Å². The summed E-state index contributed by atoms with van der Waals surface area (Å²) in [5, 5.41) is 3.38. The highest BCUT2D eigenvalue weighted by Gasteiger charge is 2.28. The van der Waals surface area contributed by atoms with Crippen LogP contribution in [0.5, 0.6) is 0 Å². The van der Waals surface area contributed by atoms with Crippen molar-refractivity contribution < 1.29 is 4.39 Å². The van der Waals surface area contributed by atoms with E-state index in [1.807, 2.05) is 6.92 Å². The Morgan fingerprint density at radius 1 is 1.64 bits per heavy atom. The number of aromatic nitrogens is 1. The van der Waals surface area contributed by atoms with E-state index in [-0.39, 0.29) is 11.9 Å². The molecule has 76 valence electrons. The first-order chi connectivity index (χ1) is 6.66. The number of hydrogen-bond acceptors (Lipinski definition) is 2. The molecule has 0 amide bonds. The summed E-state index contributed by atoms with van der Waals surface area (Å²) in [7, 11) is 0. The molecule has 0 aliphatic heterocycles. The van der Waals surface area contributed by atoms with E-state index in [0.29, 0.717) is 16.8 Å². The lowest BCUT2D eigenvalue weighted by molar-refractivity contribution is 0.612. The number of halogens is 2. The van der Waals surface area contributed by atoms with Crippen LogP contribution in [0.2, 0.25) is 5.02 Å². The van der Waals surface area contributed by atoms with Gasteiger partial charge >= 0.3 is 0 Å². The van der Waals surface area contributed by atoms with Crippen molar-refractivity contribution in [3.05, 3.63) is 23.1 Å². The molecule has 1 atom stereocenters. The van der Waals surface area contributed by atoms with Crippen molar-refractivity contribution in [3.8, 4) is 0 Å². The van der Waals surface area contributed by atoms with E-state index in [2.05, 4.69) is 10.3 Å². The lowest BCUT2D eigenvalue weighted by Crippen LogP contribution is -2.18. The maximum absolute atomic E-state index is 13.3. The molecular weight excluding hydrogens is 203 g/mol. The summed E-state index contributed by atoms with van der Waals surface area (Å²) >= 11 is 5.60. The topological polar surface area (TPSA) is 24.9 Å². The van der Waals surface area contributed by atoms with Crippen molar-refractivity contribution in [2.45, 2.75) is 25.8 Å². The van der Waals surface area contributed by atoms with Gasteiger partial charge in [0.25, 0.3) is 0 Å². The molecule has 0 bridgehead atoms. The van der Waals surface area contributed by atoms with Gasteiger partial charge in [0.2, 0.25) is 0 Å². The molecule has 1 N–H and O–H groups in total. The average Bonchev–Trinajstić information content (AvgIpc) is 2.92. The molecule has 0 aromatic carbocycles. The van der Waals surface area contributed by atoms with Gasteiger partial charge < -0.3 is 5.32 Å². The van der Waals surface area contributed by atoms with Crippen LogP contribution in [-0.2, 0) is 0 Å². The van der Waals surface area contributed by atoms with Crippen molar-refractivity contribution in [2.75, 3.05) is 5.32 Å². The number of pyridine rings is 1. The minimum Gasteiger partial charge on any atom is -0.365 e. The van der Waals surface area contributed by atoms with Gasteiger partial charge in [0.15, 0.2) is 11.6 Å². The Hall–Kier alpha value is -0.830. The Balaban J connectivity index is 2.07. The van der Waals surface area contributed by atoms with Crippen LogP contribution < -0.4 is 5.32 Å². The van der Waals surface area contributed by atoms with Crippen LogP contribution in [0.4, 0.5) is 10.2 Å². The SMILES string of the molecule is CC(Nc1ncc(Cl)cc1F)C1CC1. The monoisotopic (exact) mass is 214 g/mol. The summed E-state index contributed by atoms with van der Waals surface area (Å²) in [4.78, 5) is 3.91. The quantitative estimate of drug-likeness (QED) is 0.837. The summed E-state index contributed by atoms with van der Waals surface area (Å²) in [6.45, 7) is 2.05. The fraction of sp³-hybridized carbons (Fsp3) is 0.500. The molecule has 14 heavy (non-hydrogen) atoms. The van der Waals surface area contributed by atoms with E-state index in [1.165, 1.54) is 25.1 Å². The maximum Gasteiger partial charge on any atom is 0.166 e. The van der Waals surface area contributed by atoms with Gasteiger partial charge in [-0.1, -0.05) is 11.6 Å². The molecular formula is C10H12ClFN2. The van der Waals surface area contributed by atoms with Gasteiger partial charge in [0.1, 0.15) is 0 Å². The van der Waals surface area contributed by atoms with Crippen LogP contribution in [0.1, 0.15) is 19.8 Å². The largest absolute Gasteiger partial charge is 0.365 e. The molecule has 1 unspecified atom stereocenters. The van der Waals surface area contributed by atoms with Gasteiger partial charge in [-0.15, -0.1) is 0 Å². The summed E-state index contributed by atoms with van der Waals surface area (Å²) in [6, 6.07) is 1.56.